The number of nitrogens with zero attached hydrogens (tertiary/aromatic N) is 1. The molecule has 0 spiro atoms. The van der Waals surface area contributed by atoms with E-state index in [-0.39, 0.29) is 18.1 Å². The van der Waals surface area contributed by atoms with E-state index in [9.17, 15) is 4.79 Å². The molecule has 2 fully saturated rings. The molecular weight excluding hydrogens is 288 g/mol. The highest BCUT2D eigenvalue weighted by Gasteiger charge is 2.36. The molecule has 2 saturated carbocycles. The highest BCUT2D eigenvalue weighted by atomic mass is 16.3. The van der Waals surface area contributed by atoms with Gasteiger partial charge in [-0.05, 0) is 43.1 Å². The molecule has 2 amide bonds. The van der Waals surface area contributed by atoms with Gasteiger partial charge in [0.05, 0.1) is 6.61 Å². The van der Waals surface area contributed by atoms with E-state index in [1.807, 2.05) is 4.90 Å². The molecule has 0 aromatic heterocycles. The number of aliphatic hydroxyl groups excluding tert-OH is 1. The molecule has 0 bridgehead atoms. The molecule has 2 aliphatic carbocycles. The minimum Gasteiger partial charge on any atom is -0.395 e. The Hall–Kier alpha value is -1.55. The molecule has 4 nitrogen and oxygen atoms in total. The minimum absolute atomic E-state index is 0.000821. The number of hydrogen-bond donors (Lipinski definition) is 2. The minimum atomic E-state index is 0.000821. The number of urea groups is 1. The molecule has 1 aromatic rings. The first-order valence-corrected chi connectivity index (χ1v) is 8.92. The van der Waals surface area contributed by atoms with Crippen LogP contribution in [0, 0.1) is 5.41 Å². The summed E-state index contributed by atoms with van der Waals surface area (Å²) in [6.45, 7) is 1.23. The summed E-state index contributed by atoms with van der Waals surface area (Å²) in [5.74, 6) is 0. The van der Waals surface area contributed by atoms with Gasteiger partial charge in [-0.15, -0.1) is 0 Å². The molecule has 1 aromatic carbocycles. The lowest BCUT2D eigenvalue weighted by Crippen LogP contribution is -2.46. The molecule has 0 heterocycles. The van der Waals surface area contributed by atoms with Crippen LogP contribution >= 0.6 is 0 Å². The zero-order valence-corrected chi connectivity index (χ0v) is 13.8. The van der Waals surface area contributed by atoms with Crippen molar-refractivity contribution >= 4 is 6.03 Å². The zero-order valence-electron chi connectivity index (χ0n) is 13.8. The van der Waals surface area contributed by atoms with Crippen LogP contribution in [-0.2, 0) is 6.42 Å². The molecule has 0 aliphatic heterocycles. The third kappa shape index (κ3) is 4.25. The highest BCUT2D eigenvalue weighted by molar-refractivity contribution is 5.75. The standard InChI is InChI=1S/C19H28N2O2/c22-13-12-21(17-8-9-17)18(23)20-15-19(10-4-5-11-19)14-16-6-2-1-3-7-16/h1-3,6-7,17,22H,4-5,8-15H2,(H,20,23). The second-order valence-corrected chi connectivity index (χ2v) is 7.18. The van der Waals surface area contributed by atoms with Gasteiger partial charge in [-0.25, -0.2) is 4.79 Å². The van der Waals surface area contributed by atoms with Crippen molar-refractivity contribution in [2.45, 2.75) is 51.0 Å². The fraction of sp³-hybridized carbons (Fsp3) is 0.632. The largest absolute Gasteiger partial charge is 0.395 e. The van der Waals surface area contributed by atoms with E-state index in [2.05, 4.69) is 35.6 Å². The van der Waals surface area contributed by atoms with Gasteiger partial charge in [-0.3, -0.25) is 0 Å². The first-order chi connectivity index (χ1) is 11.2. The maximum Gasteiger partial charge on any atom is 0.317 e. The van der Waals surface area contributed by atoms with Gasteiger partial charge in [0.25, 0.3) is 0 Å². The molecule has 23 heavy (non-hydrogen) atoms. The summed E-state index contributed by atoms with van der Waals surface area (Å²) < 4.78 is 0. The highest BCUT2D eigenvalue weighted by Crippen LogP contribution is 2.40. The van der Waals surface area contributed by atoms with E-state index in [1.165, 1.54) is 31.2 Å². The predicted octanol–water partition coefficient (Wildman–Crippen LogP) is 2.96. The Kier molecular flexibility index (Phi) is 5.21. The normalized spacial score (nSPS) is 19.5. The van der Waals surface area contributed by atoms with Crippen molar-refractivity contribution in [1.29, 1.82) is 0 Å². The van der Waals surface area contributed by atoms with Crippen LogP contribution in [0.15, 0.2) is 30.3 Å². The number of carbonyl (C=O) groups excluding carboxylic acids is 1. The molecule has 4 heteroatoms. The van der Waals surface area contributed by atoms with Crippen LogP contribution in [0.25, 0.3) is 0 Å². The van der Waals surface area contributed by atoms with Gasteiger partial charge < -0.3 is 15.3 Å². The van der Waals surface area contributed by atoms with E-state index in [1.54, 1.807) is 0 Å². The predicted molar refractivity (Wildman–Crippen MR) is 91.3 cm³/mol. The van der Waals surface area contributed by atoms with Gasteiger partial charge in [0.1, 0.15) is 0 Å². The maximum absolute atomic E-state index is 12.5. The van der Waals surface area contributed by atoms with Crippen molar-refractivity contribution in [2.75, 3.05) is 19.7 Å². The molecule has 0 unspecified atom stereocenters. The van der Waals surface area contributed by atoms with E-state index >= 15 is 0 Å². The summed E-state index contributed by atoms with van der Waals surface area (Å²) in [7, 11) is 0. The molecule has 2 aliphatic rings. The smallest absolute Gasteiger partial charge is 0.317 e. The number of carbonyl (C=O) groups is 1. The summed E-state index contributed by atoms with van der Waals surface area (Å²) in [5.41, 5.74) is 1.56. The fourth-order valence-corrected chi connectivity index (χ4v) is 3.88. The number of nitrogens with one attached hydrogen (secondary N) is 1. The second kappa shape index (κ2) is 7.35. The van der Waals surface area contributed by atoms with Crippen LogP contribution < -0.4 is 5.32 Å². The summed E-state index contributed by atoms with van der Waals surface area (Å²) in [5, 5.41) is 12.3. The quantitative estimate of drug-likeness (QED) is 0.812. The van der Waals surface area contributed by atoms with Gasteiger partial charge in [-0.1, -0.05) is 43.2 Å². The van der Waals surface area contributed by atoms with E-state index in [4.69, 9.17) is 5.11 Å². The first kappa shape index (κ1) is 16.3. The topological polar surface area (TPSA) is 52.6 Å². The van der Waals surface area contributed by atoms with Gasteiger partial charge in [0, 0.05) is 19.1 Å². The molecule has 2 N–H and O–H groups in total. The van der Waals surface area contributed by atoms with Crippen molar-refractivity contribution in [2.24, 2.45) is 5.41 Å². The van der Waals surface area contributed by atoms with Gasteiger partial charge in [0.15, 0.2) is 0 Å². The third-order valence-corrected chi connectivity index (χ3v) is 5.29. The maximum atomic E-state index is 12.5. The summed E-state index contributed by atoms with van der Waals surface area (Å²) in [6, 6.07) is 10.9. The Morgan fingerprint density at radius 3 is 2.52 bits per heavy atom. The molecule has 0 saturated heterocycles. The number of rotatable bonds is 7. The van der Waals surface area contributed by atoms with Crippen LogP contribution in [0.3, 0.4) is 0 Å². The Labute approximate surface area is 138 Å². The number of hydrogen-bond acceptors (Lipinski definition) is 2. The van der Waals surface area contributed by atoms with Crippen molar-refractivity contribution in [3.05, 3.63) is 35.9 Å². The van der Waals surface area contributed by atoms with Crippen molar-refractivity contribution in [3.8, 4) is 0 Å². The summed E-state index contributed by atoms with van der Waals surface area (Å²) in [4.78, 5) is 14.3. The van der Waals surface area contributed by atoms with Crippen molar-refractivity contribution in [3.63, 3.8) is 0 Å². The third-order valence-electron chi connectivity index (χ3n) is 5.29. The molecular formula is C19H28N2O2. The Bertz CT molecular complexity index is 507. The van der Waals surface area contributed by atoms with Gasteiger partial charge >= 0.3 is 6.03 Å². The average Bonchev–Trinajstić information content (AvgIpc) is 3.31. The Morgan fingerprint density at radius 2 is 1.91 bits per heavy atom. The lowest BCUT2D eigenvalue weighted by molar-refractivity contribution is 0.167. The average molecular weight is 316 g/mol. The van der Waals surface area contributed by atoms with Crippen LogP contribution in [0.4, 0.5) is 4.79 Å². The fourth-order valence-electron chi connectivity index (χ4n) is 3.88. The van der Waals surface area contributed by atoms with Crippen LogP contribution in [0.2, 0.25) is 0 Å². The molecule has 3 rings (SSSR count). The van der Waals surface area contributed by atoms with Gasteiger partial charge in [0.2, 0.25) is 0 Å². The van der Waals surface area contributed by atoms with E-state index in [0.29, 0.717) is 12.6 Å². The lowest BCUT2D eigenvalue weighted by Gasteiger charge is -2.31. The van der Waals surface area contributed by atoms with Crippen molar-refractivity contribution < 1.29 is 9.90 Å². The number of benzene rings is 1. The monoisotopic (exact) mass is 316 g/mol. The van der Waals surface area contributed by atoms with Gasteiger partial charge in [-0.2, -0.15) is 0 Å². The van der Waals surface area contributed by atoms with E-state index in [0.717, 1.165) is 25.8 Å². The second-order valence-electron chi connectivity index (χ2n) is 7.18. The molecule has 0 atom stereocenters. The van der Waals surface area contributed by atoms with Crippen molar-refractivity contribution in [1.82, 2.24) is 10.2 Å². The number of aliphatic hydroxyl groups is 1. The molecule has 0 radical (unpaired) electrons. The van der Waals surface area contributed by atoms with Crippen LogP contribution in [0.1, 0.15) is 44.1 Å². The SMILES string of the molecule is O=C(NCC1(Cc2ccccc2)CCCC1)N(CCO)C1CC1. The summed E-state index contributed by atoms with van der Waals surface area (Å²) in [6.07, 6.45) is 8.07. The van der Waals surface area contributed by atoms with Crippen LogP contribution in [-0.4, -0.2) is 41.8 Å². The Morgan fingerprint density at radius 1 is 1.22 bits per heavy atom. The Balaban J connectivity index is 1.59. The lowest BCUT2D eigenvalue weighted by atomic mass is 9.80. The number of amides is 2. The molecule has 126 valence electrons. The summed E-state index contributed by atoms with van der Waals surface area (Å²) >= 11 is 0. The first-order valence-electron chi connectivity index (χ1n) is 8.92. The van der Waals surface area contributed by atoms with E-state index < -0.39 is 0 Å². The van der Waals surface area contributed by atoms with Crippen LogP contribution in [0.5, 0.6) is 0 Å². The zero-order chi connectivity index (χ0) is 16.1.